The number of nitrogens with zero attached hydrogens (tertiary/aromatic N) is 2. The summed E-state index contributed by atoms with van der Waals surface area (Å²) in [6.07, 6.45) is 3.24. The Morgan fingerprint density at radius 3 is 2.64 bits per heavy atom. The molecule has 0 saturated carbocycles. The molecule has 130 valence electrons. The molecule has 2 aromatic rings. The van der Waals surface area contributed by atoms with Crippen LogP contribution in [-0.4, -0.2) is 41.5 Å². The zero-order valence-electron chi connectivity index (χ0n) is 14.1. The lowest BCUT2D eigenvalue weighted by atomic mass is 10.00. The Morgan fingerprint density at radius 1 is 1.04 bits per heavy atom. The number of carbonyl (C=O) groups is 2. The van der Waals surface area contributed by atoms with Crippen molar-refractivity contribution in [2.75, 3.05) is 19.6 Å². The second-order valence-electron chi connectivity index (χ2n) is 6.01. The third-order valence-corrected chi connectivity index (χ3v) is 4.28. The molecule has 1 aromatic carbocycles. The van der Waals surface area contributed by atoms with E-state index in [9.17, 15) is 9.59 Å². The normalized spacial score (nSPS) is 13.0. The van der Waals surface area contributed by atoms with E-state index in [2.05, 4.69) is 21.7 Å². The molecule has 2 heterocycles. The van der Waals surface area contributed by atoms with Crippen molar-refractivity contribution in [2.45, 2.75) is 19.4 Å². The lowest BCUT2D eigenvalue weighted by molar-refractivity contribution is -0.130. The van der Waals surface area contributed by atoms with Crippen molar-refractivity contribution in [3.05, 3.63) is 65.5 Å². The van der Waals surface area contributed by atoms with Gasteiger partial charge in [-0.3, -0.25) is 9.78 Å². The molecule has 3 amide bonds. The number of carbonyl (C=O) groups excluding carboxylic acids is 2. The highest BCUT2D eigenvalue weighted by Gasteiger charge is 2.20. The quantitative estimate of drug-likeness (QED) is 0.868. The Kier molecular flexibility index (Phi) is 5.61. The smallest absolute Gasteiger partial charge is 0.315 e. The van der Waals surface area contributed by atoms with Gasteiger partial charge >= 0.3 is 6.03 Å². The van der Waals surface area contributed by atoms with Gasteiger partial charge in [0.05, 0.1) is 6.54 Å². The predicted molar refractivity (Wildman–Crippen MR) is 94.9 cm³/mol. The van der Waals surface area contributed by atoms with Crippen LogP contribution in [0.5, 0.6) is 0 Å². The Balaban J connectivity index is 1.38. The van der Waals surface area contributed by atoms with Crippen LogP contribution in [0.15, 0.2) is 48.7 Å². The molecule has 6 heteroatoms. The van der Waals surface area contributed by atoms with Crippen molar-refractivity contribution >= 4 is 11.9 Å². The third kappa shape index (κ3) is 4.79. The standard InChI is InChI=1S/C19H22N4O2/c24-18(23-12-9-15-5-1-2-6-16(15)14-23)13-22-19(25)21-11-8-17-7-3-4-10-20-17/h1-7,10H,8-9,11-14H2,(H2,21,22,25). The van der Waals surface area contributed by atoms with Gasteiger partial charge in [-0.2, -0.15) is 0 Å². The molecular weight excluding hydrogens is 316 g/mol. The number of fused-ring (bicyclic) bond motifs is 1. The Bertz CT molecular complexity index is 733. The largest absolute Gasteiger partial charge is 0.338 e. The monoisotopic (exact) mass is 338 g/mol. The van der Waals surface area contributed by atoms with Crippen molar-refractivity contribution < 1.29 is 9.59 Å². The maximum atomic E-state index is 12.3. The first-order chi connectivity index (χ1) is 12.2. The predicted octanol–water partition coefficient (Wildman–Crippen LogP) is 1.51. The Labute approximate surface area is 147 Å². The minimum absolute atomic E-state index is 0.0115. The summed E-state index contributed by atoms with van der Waals surface area (Å²) in [5.74, 6) is -0.0608. The van der Waals surface area contributed by atoms with Gasteiger partial charge in [-0.25, -0.2) is 4.79 Å². The summed E-state index contributed by atoms with van der Waals surface area (Å²) >= 11 is 0. The molecule has 1 aromatic heterocycles. The Hall–Kier alpha value is -2.89. The highest BCUT2D eigenvalue weighted by molar-refractivity contribution is 5.84. The summed E-state index contributed by atoms with van der Waals surface area (Å²) in [6, 6.07) is 13.5. The zero-order valence-corrected chi connectivity index (χ0v) is 14.1. The van der Waals surface area contributed by atoms with Crippen molar-refractivity contribution in [3.8, 4) is 0 Å². The lowest BCUT2D eigenvalue weighted by Crippen LogP contribution is -2.45. The van der Waals surface area contributed by atoms with E-state index in [-0.39, 0.29) is 18.5 Å². The van der Waals surface area contributed by atoms with E-state index in [4.69, 9.17) is 0 Å². The van der Waals surface area contributed by atoms with Gasteiger partial charge in [0.25, 0.3) is 0 Å². The number of hydrogen-bond acceptors (Lipinski definition) is 3. The number of nitrogens with one attached hydrogen (secondary N) is 2. The van der Waals surface area contributed by atoms with E-state index in [1.807, 2.05) is 36.4 Å². The SMILES string of the molecule is O=C(NCCc1ccccn1)NCC(=O)N1CCc2ccccc2C1. The van der Waals surface area contributed by atoms with Crippen LogP contribution in [0.2, 0.25) is 0 Å². The van der Waals surface area contributed by atoms with Gasteiger partial charge in [-0.1, -0.05) is 30.3 Å². The zero-order chi connectivity index (χ0) is 17.5. The molecule has 25 heavy (non-hydrogen) atoms. The number of benzene rings is 1. The molecule has 2 N–H and O–H groups in total. The van der Waals surface area contributed by atoms with Crippen LogP contribution in [0, 0.1) is 0 Å². The molecule has 6 nitrogen and oxygen atoms in total. The fourth-order valence-electron chi connectivity index (χ4n) is 2.89. The van der Waals surface area contributed by atoms with Crippen LogP contribution in [0.4, 0.5) is 4.79 Å². The first kappa shape index (κ1) is 17.0. The topological polar surface area (TPSA) is 74.3 Å². The van der Waals surface area contributed by atoms with Gasteiger partial charge < -0.3 is 15.5 Å². The molecule has 3 rings (SSSR count). The molecule has 0 spiro atoms. The lowest BCUT2D eigenvalue weighted by Gasteiger charge is -2.29. The second-order valence-corrected chi connectivity index (χ2v) is 6.01. The third-order valence-electron chi connectivity index (χ3n) is 4.28. The summed E-state index contributed by atoms with van der Waals surface area (Å²) in [4.78, 5) is 30.1. The first-order valence-electron chi connectivity index (χ1n) is 8.48. The fourth-order valence-corrected chi connectivity index (χ4v) is 2.89. The summed E-state index contributed by atoms with van der Waals surface area (Å²) in [5.41, 5.74) is 3.40. The van der Waals surface area contributed by atoms with Crippen LogP contribution < -0.4 is 10.6 Å². The fraction of sp³-hybridized carbons (Fsp3) is 0.316. The maximum Gasteiger partial charge on any atom is 0.315 e. The number of rotatable bonds is 5. The molecule has 1 aliphatic heterocycles. The average Bonchev–Trinajstić information content (AvgIpc) is 2.66. The van der Waals surface area contributed by atoms with Gasteiger partial charge in [-0.15, -0.1) is 0 Å². The van der Waals surface area contributed by atoms with Gasteiger partial charge in [0.15, 0.2) is 0 Å². The molecule has 0 saturated heterocycles. The summed E-state index contributed by atoms with van der Waals surface area (Å²) in [7, 11) is 0. The van der Waals surface area contributed by atoms with E-state index < -0.39 is 0 Å². The van der Waals surface area contributed by atoms with E-state index in [0.29, 0.717) is 26.1 Å². The van der Waals surface area contributed by atoms with Crippen molar-refractivity contribution in [3.63, 3.8) is 0 Å². The van der Waals surface area contributed by atoms with E-state index in [1.165, 1.54) is 11.1 Å². The number of amides is 3. The van der Waals surface area contributed by atoms with Gasteiger partial charge in [0, 0.05) is 37.9 Å². The van der Waals surface area contributed by atoms with E-state index in [1.54, 1.807) is 11.1 Å². The highest BCUT2D eigenvalue weighted by atomic mass is 16.2. The minimum atomic E-state index is -0.332. The van der Waals surface area contributed by atoms with Gasteiger partial charge in [-0.05, 0) is 29.7 Å². The van der Waals surface area contributed by atoms with E-state index in [0.717, 1.165) is 12.1 Å². The number of hydrogen-bond donors (Lipinski definition) is 2. The van der Waals surface area contributed by atoms with Crippen LogP contribution in [0.25, 0.3) is 0 Å². The van der Waals surface area contributed by atoms with Crippen molar-refractivity contribution in [2.24, 2.45) is 0 Å². The highest BCUT2D eigenvalue weighted by Crippen LogP contribution is 2.18. The van der Waals surface area contributed by atoms with Crippen molar-refractivity contribution in [1.82, 2.24) is 20.5 Å². The van der Waals surface area contributed by atoms with Crippen LogP contribution in [-0.2, 0) is 24.2 Å². The molecule has 0 bridgehead atoms. The van der Waals surface area contributed by atoms with E-state index >= 15 is 0 Å². The van der Waals surface area contributed by atoms with Crippen LogP contribution in [0.1, 0.15) is 16.8 Å². The molecule has 1 aliphatic rings. The van der Waals surface area contributed by atoms with Crippen LogP contribution >= 0.6 is 0 Å². The van der Waals surface area contributed by atoms with Gasteiger partial charge in [0.2, 0.25) is 5.91 Å². The number of pyridine rings is 1. The molecule has 0 fully saturated rings. The number of urea groups is 1. The molecule has 0 unspecified atom stereocenters. The summed E-state index contributed by atoms with van der Waals surface area (Å²) in [6.45, 7) is 1.79. The Morgan fingerprint density at radius 2 is 1.84 bits per heavy atom. The molecule has 0 aliphatic carbocycles. The summed E-state index contributed by atoms with van der Waals surface area (Å²) < 4.78 is 0. The van der Waals surface area contributed by atoms with Crippen molar-refractivity contribution in [1.29, 1.82) is 0 Å². The minimum Gasteiger partial charge on any atom is -0.338 e. The maximum absolute atomic E-state index is 12.3. The van der Waals surface area contributed by atoms with Gasteiger partial charge in [0.1, 0.15) is 0 Å². The molecule has 0 atom stereocenters. The van der Waals surface area contributed by atoms with Crippen LogP contribution in [0.3, 0.4) is 0 Å². The molecular formula is C19H22N4O2. The summed E-state index contributed by atoms with van der Waals surface area (Å²) in [5, 5.41) is 5.37. The second kappa shape index (κ2) is 8.28. The number of aromatic nitrogens is 1. The first-order valence-corrected chi connectivity index (χ1v) is 8.48. The average molecular weight is 338 g/mol. The molecule has 0 radical (unpaired) electrons.